The Balaban J connectivity index is 2.00. The van der Waals surface area contributed by atoms with Crippen LogP contribution in [0.2, 0.25) is 0 Å². The number of pyridine rings is 1. The highest BCUT2D eigenvalue weighted by atomic mass is 16.1. The Morgan fingerprint density at radius 2 is 1.90 bits per heavy atom. The molecule has 0 aliphatic heterocycles. The first-order chi connectivity index (χ1) is 9.66. The second-order valence-corrected chi connectivity index (χ2v) is 5.59. The minimum Gasteiger partial charge on any atom is -0.320 e. The molecular formula is C17H20N2O. The van der Waals surface area contributed by atoms with Crippen molar-refractivity contribution in [2.75, 3.05) is 0 Å². The molecular weight excluding hydrogens is 248 g/mol. The first-order valence-corrected chi connectivity index (χ1v) is 7.19. The van der Waals surface area contributed by atoms with Crippen molar-refractivity contribution in [3.63, 3.8) is 0 Å². The second-order valence-electron chi connectivity index (χ2n) is 5.59. The summed E-state index contributed by atoms with van der Waals surface area (Å²) in [7, 11) is 1.76. The van der Waals surface area contributed by atoms with E-state index in [-0.39, 0.29) is 11.6 Å². The van der Waals surface area contributed by atoms with Crippen LogP contribution < -0.4 is 11.3 Å². The van der Waals surface area contributed by atoms with E-state index in [1.807, 2.05) is 12.1 Å². The van der Waals surface area contributed by atoms with Gasteiger partial charge in [-0.05, 0) is 48.4 Å². The molecule has 2 N–H and O–H groups in total. The average molecular weight is 268 g/mol. The SMILES string of the molecule is Cn1cccc(C(N)c2ccc3c(c2)CCCC3)c1=O. The number of fused-ring (bicyclic) bond motifs is 1. The van der Waals surface area contributed by atoms with E-state index in [9.17, 15) is 4.79 Å². The summed E-state index contributed by atoms with van der Waals surface area (Å²) in [5.41, 5.74) is 10.8. The van der Waals surface area contributed by atoms with Gasteiger partial charge < -0.3 is 10.3 Å². The predicted octanol–water partition coefficient (Wildman–Crippen LogP) is 2.31. The van der Waals surface area contributed by atoms with Crippen LogP contribution in [0.4, 0.5) is 0 Å². The molecule has 0 amide bonds. The number of hydrogen-bond donors (Lipinski definition) is 1. The van der Waals surface area contributed by atoms with E-state index in [2.05, 4.69) is 18.2 Å². The molecule has 3 nitrogen and oxygen atoms in total. The summed E-state index contributed by atoms with van der Waals surface area (Å²) >= 11 is 0. The third kappa shape index (κ3) is 2.29. The summed E-state index contributed by atoms with van der Waals surface area (Å²) in [4.78, 5) is 12.2. The maximum Gasteiger partial charge on any atom is 0.255 e. The molecule has 1 atom stereocenters. The van der Waals surface area contributed by atoms with E-state index >= 15 is 0 Å². The van der Waals surface area contributed by atoms with Crippen LogP contribution in [0.25, 0.3) is 0 Å². The molecule has 104 valence electrons. The molecule has 0 radical (unpaired) electrons. The molecule has 3 heteroatoms. The van der Waals surface area contributed by atoms with Crippen molar-refractivity contribution < 1.29 is 0 Å². The molecule has 0 spiro atoms. The Labute approximate surface area is 119 Å². The zero-order valence-electron chi connectivity index (χ0n) is 11.8. The summed E-state index contributed by atoms with van der Waals surface area (Å²) in [6.45, 7) is 0. The smallest absolute Gasteiger partial charge is 0.255 e. The van der Waals surface area contributed by atoms with Gasteiger partial charge in [0, 0.05) is 18.8 Å². The molecule has 2 aromatic rings. The lowest BCUT2D eigenvalue weighted by molar-refractivity contribution is 0.682. The fourth-order valence-electron chi connectivity index (χ4n) is 2.98. The van der Waals surface area contributed by atoms with Crippen LogP contribution in [0.3, 0.4) is 0 Å². The van der Waals surface area contributed by atoms with Crippen LogP contribution in [0.1, 0.15) is 41.1 Å². The Morgan fingerprint density at radius 3 is 2.70 bits per heavy atom. The second kappa shape index (κ2) is 5.25. The van der Waals surface area contributed by atoms with Crippen LogP contribution in [0, 0.1) is 0 Å². The van der Waals surface area contributed by atoms with Gasteiger partial charge in [-0.2, -0.15) is 0 Å². The number of nitrogens with zero attached hydrogens (tertiary/aromatic N) is 1. The number of hydrogen-bond acceptors (Lipinski definition) is 2. The monoisotopic (exact) mass is 268 g/mol. The molecule has 1 aliphatic rings. The summed E-state index contributed by atoms with van der Waals surface area (Å²) < 4.78 is 1.58. The van der Waals surface area contributed by atoms with Crippen LogP contribution in [-0.2, 0) is 19.9 Å². The molecule has 3 rings (SSSR count). The van der Waals surface area contributed by atoms with Gasteiger partial charge in [0.15, 0.2) is 0 Å². The van der Waals surface area contributed by atoms with E-state index in [1.54, 1.807) is 17.8 Å². The Morgan fingerprint density at radius 1 is 1.15 bits per heavy atom. The fraction of sp³-hybridized carbons (Fsp3) is 0.353. The van der Waals surface area contributed by atoms with Crippen molar-refractivity contribution in [1.82, 2.24) is 4.57 Å². The lowest BCUT2D eigenvalue weighted by Gasteiger charge is -2.19. The molecule has 0 bridgehead atoms. The molecule has 0 fully saturated rings. The van der Waals surface area contributed by atoms with Crippen LogP contribution in [0.15, 0.2) is 41.3 Å². The van der Waals surface area contributed by atoms with Crippen molar-refractivity contribution in [2.45, 2.75) is 31.7 Å². The molecule has 1 heterocycles. The number of aromatic nitrogens is 1. The van der Waals surface area contributed by atoms with Gasteiger partial charge in [0.25, 0.3) is 5.56 Å². The normalized spacial score (nSPS) is 15.7. The summed E-state index contributed by atoms with van der Waals surface area (Å²) in [6.07, 6.45) is 6.57. The van der Waals surface area contributed by atoms with Crippen LogP contribution in [0.5, 0.6) is 0 Å². The van der Waals surface area contributed by atoms with E-state index in [1.165, 1.54) is 24.0 Å². The van der Waals surface area contributed by atoms with Crippen molar-refractivity contribution in [2.24, 2.45) is 12.8 Å². The van der Waals surface area contributed by atoms with Crippen molar-refractivity contribution in [3.05, 3.63) is 69.1 Å². The van der Waals surface area contributed by atoms with Crippen molar-refractivity contribution in [1.29, 1.82) is 0 Å². The van der Waals surface area contributed by atoms with E-state index in [4.69, 9.17) is 5.73 Å². The van der Waals surface area contributed by atoms with Gasteiger partial charge in [0.2, 0.25) is 0 Å². The van der Waals surface area contributed by atoms with E-state index in [0.29, 0.717) is 5.56 Å². The van der Waals surface area contributed by atoms with Gasteiger partial charge >= 0.3 is 0 Å². The number of benzene rings is 1. The molecule has 1 aliphatic carbocycles. The van der Waals surface area contributed by atoms with Gasteiger partial charge in [-0.1, -0.05) is 24.3 Å². The highest BCUT2D eigenvalue weighted by Crippen LogP contribution is 2.25. The van der Waals surface area contributed by atoms with Gasteiger partial charge in [-0.25, -0.2) is 0 Å². The zero-order chi connectivity index (χ0) is 14.1. The maximum atomic E-state index is 12.2. The zero-order valence-corrected chi connectivity index (χ0v) is 11.8. The van der Waals surface area contributed by atoms with Crippen molar-refractivity contribution in [3.8, 4) is 0 Å². The highest BCUT2D eigenvalue weighted by Gasteiger charge is 2.16. The quantitative estimate of drug-likeness (QED) is 0.908. The van der Waals surface area contributed by atoms with Crippen LogP contribution >= 0.6 is 0 Å². The largest absolute Gasteiger partial charge is 0.320 e. The number of aryl methyl sites for hydroxylation is 3. The highest BCUT2D eigenvalue weighted by molar-refractivity contribution is 5.38. The molecule has 0 saturated heterocycles. The number of nitrogens with two attached hydrogens (primary N) is 1. The van der Waals surface area contributed by atoms with Gasteiger partial charge in [0.05, 0.1) is 6.04 Å². The summed E-state index contributed by atoms with van der Waals surface area (Å²) in [5, 5.41) is 0. The molecule has 1 aromatic carbocycles. The topological polar surface area (TPSA) is 48.0 Å². The first kappa shape index (κ1) is 13.1. The van der Waals surface area contributed by atoms with Gasteiger partial charge in [-0.15, -0.1) is 0 Å². The van der Waals surface area contributed by atoms with Crippen LogP contribution in [-0.4, -0.2) is 4.57 Å². The van der Waals surface area contributed by atoms with E-state index in [0.717, 1.165) is 18.4 Å². The lowest BCUT2D eigenvalue weighted by atomic mass is 9.88. The van der Waals surface area contributed by atoms with Crippen molar-refractivity contribution >= 4 is 0 Å². The molecule has 1 unspecified atom stereocenters. The van der Waals surface area contributed by atoms with E-state index < -0.39 is 0 Å². The van der Waals surface area contributed by atoms with Gasteiger partial charge in [-0.3, -0.25) is 4.79 Å². The summed E-state index contributed by atoms with van der Waals surface area (Å²) in [5.74, 6) is 0. The maximum absolute atomic E-state index is 12.2. The Hall–Kier alpha value is -1.87. The summed E-state index contributed by atoms with van der Waals surface area (Å²) in [6, 6.07) is 9.79. The molecule has 20 heavy (non-hydrogen) atoms. The average Bonchev–Trinajstić information content (AvgIpc) is 2.49. The van der Waals surface area contributed by atoms with Gasteiger partial charge in [0.1, 0.15) is 0 Å². The number of rotatable bonds is 2. The molecule has 1 aromatic heterocycles. The molecule has 0 saturated carbocycles. The Kier molecular flexibility index (Phi) is 3.45. The lowest BCUT2D eigenvalue weighted by Crippen LogP contribution is -2.26. The fourth-order valence-corrected chi connectivity index (χ4v) is 2.98. The standard InChI is InChI=1S/C17H20N2O/c1-19-10-4-7-15(17(19)20)16(18)14-9-8-12-5-2-3-6-13(12)11-14/h4,7-11,16H,2-3,5-6,18H2,1H3. The minimum atomic E-state index is -0.345. The Bertz CT molecular complexity index is 688. The predicted molar refractivity (Wildman–Crippen MR) is 80.8 cm³/mol. The third-order valence-corrected chi connectivity index (χ3v) is 4.22. The third-order valence-electron chi connectivity index (χ3n) is 4.22. The minimum absolute atomic E-state index is 0.0160. The first-order valence-electron chi connectivity index (χ1n) is 7.19.